The molecular formula is C45H50FN9O5. The van der Waals surface area contributed by atoms with Crippen molar-refractivity contribution in [3.63, 3.8) is 0 Å². The third-order valence-electron chi connectivity index (χ3n) is 13.8. The van der Waals surface area contributed by atoms with Gasteiger partial charge in [0.15, 0.2) is 0 Å². The number of nitrogens with zero attached hydrogens (tertiary/aromatic N) is 7. The molecule has 3 aromatic carbocycles. The zero-order chi connectivity index (χ0) is 41.7. The minimum atomic E-state index is -0.697. The summed E-state index contributed by atoms with van der Waals surface area (Å²) in [5.74, 6) is -0.810. The first kappa shape index (κ1) is 39.5. The average Bonchev–Trinajstić information content (AvgIpc) is 3.78. The number of methoxy groups -OCH3 is 1. The van der Waals surface area contributed by atoms with Crippen LogP contribution in [-0.2, 0) is 16.6 Å². The highest BCUT2D eigenvalue weighted by atomic mass is 19.1. The van der Waals surface area contributed by atoms with Gasteiger partial charge in [-0.3, -0.25) is 33.5 Å². The number of aryl methyl sites for hydroxylation is 1. The van der Waals surface area contributed by atoms with Gasteiger partial charge in [0.2, 0.25) is 11.8 Å². The lowest BCUT2D eigenvalue weighted by Gasteiger charge is -2.48. The van der Waals surface area contributed by atoms with Crippen molar-refractivity contribution in [3.05, 3.63) is 82.2 Å². The molecule has 4 aliphatic rings. The monoisotopic (exact) mass is 815 g/mol. The van der Waals surface area contributed by atoms with E-state index >= 15 is 0 Å². The summed E-state index contributed by atoms with van der Waals surface area (Å²) < 4.78 is 24.9. The molecule has 2 aromatic heterocycles. The largest absolute Gasteiger partial charge is 0.494 e. The third-order valence-corrected chi connectivity index (χ3v) is 13.8. The van der Waals surface area contributed by atoms with Gasteiger partial charge in [-0.1, -0.05) is 6.07 Å². The van der Waals surface area contributed by atoms with Crippen LogP contribution >= 0.6 is 0 Å². The number of fused-ring (bicyclic) bond motifs is 2. The van der Waals surface area contributed by atoms with Gasteiger partial charge in [0.05, 0.1) is 52.7 Å². The topological polar surface area (TPSA) is 160 Å². The number of piperidine rings is 3. The average molecular weight is 816 g/mol. The quantitative estimate of drug-likeness (QED) is 0.178. The van der Waals surface area contributed by atoms with Crippen molar-refractivity contribution in [1.29, 1.82) is 5.26 Å². The number of hydrogen-bond acceptors (Lipinski definition) is 9. The Morgan fingerprint density at radius 1 is 1.00 bits per heavy atom. The van der Waals surface area contributed by atoms with Gasteiger partial charge in [0.1, 0.15) is 17.6 Å². The van der Waals surface area contributed by atoms with Gasteiger partial charge < -0.3 is 19.9 Å². The minimum absolute atomic E-state index is 0.0507. The Morgan fingerprint density at radius 3 is 2.47 bits per heavy atom. The van der Waals surface area contributed by atoms with Gasteiger partial charge in [-0.05, 0) is 119 Å². The fraction of sp³-hybridized carbons (Fsp3) is 0.467. The molecule has 1 atom stereocenters. The molecule has 14 nitrogen and oxygen atoms in total. The highest BCUT2D eigenvalue weighted by Crippen LogP contribution is 2.44. The van der Waals surface area contributed by atoms with E-state index in [1.54, 1.807) is 22.2 Å². The zero-order valence-electron chi connectivity index (χ0n) is 34.1. The molecule has 1 spiro atoms. The van der Waals surface area contributed by atoms with Crippen molar-refractivity contribution >= 4 is 51.0 Å². The number of nitriles is 1. The standard InChI is InChI=1S/C45H50FN9O5/c1-51-41-36(4-3-5-37(41)55(44(51)59)38-10-11-40(56)49-43(38)58)53-18-14-45(15-19-53)12-16-52(17-13-45)26-28-6-8-33(9-7-28)54-27-31-23-35(39(60-2)24-34(31)50-54)48-42(57)30-20-29(25-47)21-32(46)22-30/h3-5,20-24,27-28,33,38H,6-19,26H2,1-2H3,(H,48,57)(H,49,56,58). The van der Waals surface area contributed by atoms with E-state index in [-0.39, 0.29) is 35.2 Å². The molecule has 9 rings (SSSR count). The van der Waals surface area contributed by atoms with E-state index in [1.807, 2.05) is 30.5 Å². The normalized spacial score (nSPS) is 22.2. The minimum Gasteiger partial charge on any atom is -0.494 e. The lowest BCUT2D eigenvalue weighted by Crippen LogP contribution is -2.48. The van der Waals surface area contributed by atoms with Gasteiger partial charge >= 0.3 is 5.69 Å². The molecule has 0 bridgehead atoms. The first-order chi connectivity index (χ1) is 29.0. The number of anilines is 2. The molecule has 5 heterocycles. The Labute approximate surface area is 346 Å². The molecule has 1 aliphatic carbocycles. The summed E-state index contributed by atoms with van der Waals surface area (Å²) in [7, 11) is 3.30. The number of aromatic nitrogens is 4. The van der Waals surface area contributed by atoms with Crippen LogP contribution in [0.1, 0.15) is 92.2 Å². The number of imidazole rings is 1. The van der Waals surface area contributed by atoms with Crippen LogP contribution in [0.25, 0.3) is 21.9 Å². The maximum atomic E-state index is 14.0. The molecule has 2 N–H and O–H groups in total. The van der Waals surface area contributed by atoms with E-state index in [2.05, 4.69) is 31.2 Å². The summed E-state index contributed by atoms with van der Waals surface area (Å²) in [5.41, 5.74) is 4.02. The van der Waals surface area contributed by atoms with Gasteiger partial charge in [0, 0.05) is 56.3 Å². The van der Waals surface area contributed by atoms with Crippen LogP contribution in [0, 0.1) is 28.5 Å². The van der Waals surface area contributed by atoms with Crippen molar-refractivity contribution in [1.82, 2.24) is 29.1 Å². The van der Waals surface area contributed by atoms with Crippen molar-refractivity contribution in [2.45, 2.75) is 76.3 Å². The van der Waals surface area contributed by atoms with Crippen LogP contribution < -0.4 is 26.0 Å². The number of imide groups is 1. The molecule has 3 aliphatic heterocycles. The molecule has 3 amide bonds. The molecule has 312 valence electrons. The SMILES string of the molecule is COc1cc2nn(C3CCC(CN4CCC5(CC4)CCN(c4cccc6c4n(C)c(=O)n6C4CCC(=O)NC4=O)CC5)CC3)cc2cc1NC(=O)c1cc(F)cc(C#N)c1. The van der Waals surface area contributed by atoms with E-state index in [1.165, 1.54) is 26.0 Å². The van der Waals surface area contributed by atoms with Crippen LogP contribution in [0.2, 0.25) is 0 Å². The fourth-order valence-electron chi connectivity index (χ4n) is 10.3. The predicted molar refractivity (Wildman–Crippen MR) is 225 cm³/mol. The number of carbonyl (C=O) groups is 3. The zero-order valence-corrected chi connectivity index (χ0v) is 34.1. The Morgan fingerprint density at radius 2 is 1.75 bits per heavy atom. The third kappa shape index (κ3) is 7.42. The summed E-state index contributed by atoms with van der Waals surface area (Å²) >= 11 is 0. The second-order valence-electron chi connectivity index (χ2n) is 17.3. The van der Waals surface area contributed by atoms with Crippen molar-refractivity contribution in [2.24, 2.45) is 18.4 Å². The molecule has 1 unspecified atom stereocenters. The number of ether oxygens (including phenoxy) is 1. The number of hydrogen-bond donors (Lipinski definition) is 2. The Kier molecular flexibility index (Phi) is 10.4. The molecule has 5 aromatic rings. The molecular weight excluding hydrogens is 766 g/mol. The van der Waals surface area contributed by atoms with E-state index in [9.17, 15) is 28.8 Å². The van der Waals surface area contributed by atoms with Crippen molar-refractivity contribution in [2.75, 3.05) is 50.1 Å². The van der Waals surface area contributed by atoms with Crippen LogP contribution in [-0.4, -0.2) is 81.4 Å². The Balaban J connectivity index is 0.778. The lowest BCUT2D eigenvalue weighted by molar-refractivity contribution is -0.135. The summed E-state index contributed by atoms with van der Waals surface area (Å²) in [6, 6.07) is 14.6. The van der Waals surface area contributed by atoms with E-state index < -0.39 is 23.7 Å². The van der Waals surface area contributed by atoms with Crippen LogP contribution in [0.4, 0.5) is 15.8 Å². The molecule has 4 fully saturated rings. The van der Waals surface area contributed by atoms with Gasteiger partial charge in [-0.2, -0.15) is 10.4 Å². The van der Waals surface area contributed by atoms with Crippen molar-refractivity contribution in [3.8, 4) is 11.8 Å². The number of benzene rings is 3. The Hall–Kier alpha value is -6.01. The number of nitrogens with one attached hydrogen (secondary N) is 2. The highest BCUT2D eigenvalue weighted by molar-refractivity contribution is 6.06. The fourth-order valence-corrected chi connectivity index (χ4v) is 10.3. The van der Waals surface area contributed by atoms with Gasteiger partial charge in [0.25, 0.3) is 5.91 Å². The first-order valence-electron chi connectivity index (χ1n) is 21.1. The number of carbonyl (C=O) groups excluding carboxylic acids is 3. The van der Waals surface area contributed by atoms with Crippen molar-refractivity contribution < 1.29 is 23.5 Å². The maximum Gasteiger partial charge on any atom is 0.329 e. The predicted octanol–water partition coefficient (Wildman–Crippen LogP) is 6.05. The second-order valence-corrected chi connectivity index (χ2v) is 17.3. The van der Waals surface area contributed by atoms with Crippen LogP contribution in [0.5, 0.6) is 5.75 Å². The summed E-state index contributed by atoms with van der Waals surface area (Å²) in [5, 5.41) is 20.2. The number of amides is 3. The second kappa shape index (κ2) is 15.9. The Bertz CT molecular complexity index is 2600. The molecule has 3 saturated heterocycles. The molecule has 15 heteroatoms. The van der Waals surface area contributed by atoms with E-state index in [0.717, 1.165) is 111 Å². The summed E-state index contributed by atoms with van der Waals surface area (Å²) in [6.07, 6.45) is 11.5. The lowest BCUT2D eigenvalue weighted by atomic mass is 9.71. The number of rotatable bonds is 8. The van der Waals surface area contributed by atoms with E-state index in [0.29, 0.717) is 29.2 Å². The summed E-state index contributed by atoms with van der Waals surface area (Å²) in [4.78, 5) is 56.2. The molecule has 60 heavy (non-hydrogen) atoms. The van der Waals surface area contributed by atoms with Crippen LogP contribution in [0.3, 0.4) is 0 Å². The number of likely N-dealkylation sites (tertiary alicyclic amines) is 1. The molecule has 0 radical (unpaired) electrons. The maximum absolute atomic E-state index is 14.0. The van der Waals surface area contributed by atoms with Gasteiger partial charge in [-0.25, -0.2) is 9.18 Å². The molecule has 1 saturated carbocycles. The highest BCUT2D eigenvalue weighted by Gasteiger charge is 2.39. The van der Waals surface area contributed by atoms with Gasteiger partial charge in [-0.15, -0.1) is 0 Å². The van der Waals surface area contributed by atoms with Crippen LogP contribution in [0.15, 0.2) is 59.5 Å². The first-order valence-corrected chi connectivity index (χ1v) is 21.1. The number of halogens is 1. The smallest absolute Gasteiger partial charge is 0.329 e. The number of para-hydroxylation sites is 1. The van der Waals surface area contributed by atoms with E-state index in [4.69, 9.17) is 9.84 Å². The summed E-state index contributed by atoms with van der Waals surface area (Å²) in [6.45, 7) is 5.19.